The number of hydrogen-bond donors (Lipinski definition) is 2. The molecule has 0 heterocycles. The quantitative estimate of drug-likeness (QED) is 0.225. The van der Waals surface area contributed by atoms with Crippen molar-refractivity contribution in [1.82, 2.24) is 0 Å². The predicted molar refractivity (Wildman–Crippen MR) is 96.4 cm³/mol. The van der Waals surface area contributed by atoms with Gasteiger partial charge in [-0.25, -0.2) is 0 Å². The van der Waals surface area contributed by atoms with Gasteiger partial charge in [0.05, 0.1) is 0 Å². The van der Waals surface area contributed by atoms with Crippen molar-refractivity contribution in [3.63, 3.8) is 0 Å². The Bertz CT molecular complexity index is 376. The standard InChI is InChI=1S/C18H35AsO5/c1-2-3-4-5-6-7-8-9-10-11-12-13-14-15-16-17-18(20)24-19(21,22)23/h9-10H,2-8,11-17H2,1H3,(H2,21,22,23)/b10-9-. The number of rotatable bonds is 16. The molecule has 0 saturated heterocycles. The van der Waals surface area contributed by atoms with E-state index in [1.54, 1.807) is 0 Å². The summed E-state index contributed by atoms with van der Waals surface area (Å²) in [7, 11) is 0. The van der Waals surface area contributed by atoms with Crippen LogP contribution in [0.3, 0.4) is 0 Å². The summed E-state index contributed by atoms with van der Waals surface area (Å²) in [5.41, 5.74) is 0. The van der Waals surface area contributed by atoms with Gasteiger partial charge in [-0.2, -0.15) is 0 Å². The molecule has 6 heteroatoms. The van der Waals surface area contributed by atoms with Gasteiger partial charge in [0.15, 0.2) is 0 Å². The molecule has 0 amide bonds. The van der Waals surface area contributed by atoms with Crippen molar-refractivity contribution in [2.45, 2.75) is 96.8 Å². The zero-order chi connectivity index (χ0) is 18.1. The topological polar surface area (TPSA) is 83.8 Å². The molecule has 0 aliphatic carbocycles. The molecule has 2 N–H and O–H groups in total. The average molecular weight is 406 g/mol. The van der Waals surface area contributed by atoms with E-state index in [0.717, 1.165) is 32.1 Å². The third kappa shape index (κ3) is 19.5. The van der Waals surface area contributed by atoms with E-state index in [4.69, 9.17) is 8.19 Å². The molecule has 0 fully saturated rings. The fourth-order valence-corrected chi connectivity index (χ4v) is 3.27. The fourth-order valence-electron chi connectivity index (χ4n) is 2.52. The Balaban J connectivity index is 3.26. The monoisotopic (exact) mass is 406 g/mol. The zero-order valence-electron chi connectivity index (χ0n) is 15.1. The summed E-state index contributed by atoms with van der Waals surface area (Å²) in [6.07, 6.45) is 19.8. The van der Waals surface area contributed by atoms with Crippen LogP contribution in [0.5, 0.6) is 0 Å². The summed E-state index contributed by atoms with van der Waals surface area (Å²) in [5.74, 6) is -0.792. The molecule has 0 saturated carbocycles. The van der Waals surface area contributed by atoms with Crippen molar-refractivity contribution in [1.29, 1.82) is 0 Å². The van der Waals surface area contributed by atoms with Crippen LogP contribution in [-0.4, -0.2) is 28.7 Å². The second-order valence-corrected chi connectivity index (χ2v) is 8.73. The van der Waals surface area contributed by atoms with Gasteiger partial charge in [0.2, 0.25) is 0 Å². The van der Waals surface area contributed by atoms with E-state index in [2.05, 4.69) is 22.8 Å². The third-order valence-corrected chi connectivity index (χ3v) is 4.79. The molecule has 0 unspecified atom stereocenters. The molecule has 0 aliphatic rings. The summed E-state index contributed by atoms with van der Waals surface area (Å²) in [6, 6.07) is 0. The van der Waals surface area contributed by atoms with E-state index in [0.29, 0.717) is 6.42 Å². The van der Waals surface area contributed by atoms with Crippen molar-refractivity contribution >= 4 is 20.5 Å². The number of carbonyl (C=O) groups is 1. The van der Waals surface area contributed by atoms with Crippen LogP contribution >= 0.6 is 0 Å². The molecule has 0 radical (unpaired) electrons. The van der Waals surface area contributed by atoms with Gasteiger partial charge in [0.1, 0.15) is 0 Å². The Labute approximate surface area is 150 Å². The van der Waals surface area contributed by atoms with E-state index in [1.165, 1.54) is 44.9 Å². The summed E-state index contributed by atoms with van der Waals surface area (Å²) in [6.45, 7) is 2.24. The van der Waals surface area contributed by atoms with Gasteiger partial charge in [0, 0.05) is 0 Å². The SMILES string of the molecule is CCCCCCCC/C=C\CCCCCCCC(=O)O[As](=O)(O)O. The molecule has 0 aromatic rings. The first-order valence-corrected chi connectivity index (χ1v) is 12.6. The van der Waals surface area contributed by atoms with Crippen molar-refractivity contribution in [2.75, 3.05) is 0 Å². The van der Waals surface area contributed by atoms with E-state index < -0.39 is 20.5 Å². The van der Waals surface area contributed by atoms with Crippen LogP contribution < -0.4 is 0 Å². The first-order chi connectivity index (χ1) is 11.5. The van der Waals surface area contributed by atoms with Gasteiger partial charge in [0.25, 0.3) is 0 Å². The van der Waals surface area contributed by atoms with Crippen LogP contribution in [-0.2, 0) is 12.3 Å². The Morgan fingerprint density at radius 3 is 1.79 bits per heavy atom. The second kappa shape index (κ2) is 16.0. The predicted octanol–water partition coefficient (Wildman–Crippen LogP) is 4.42. The second-order valence-electron chi connectivity index (χ2n) is 6.29. The average Bonchev–Trinajstić information content (AvgIpc) is 2.49. The molecular formula is C18H35AsO5. The number of carbonyl (C=O) groups excluding carboxylic acids is 1. The minimum atomic E-state index is -5.25. The molecule has 0 aromatic carbocycles. The van der Waals surface area contributed by atoms with Gasteiger partial charge < -0.3 is 0 Å². The maximum absolute atomic E-state index is 11.1. The van der Waals surface area contributed by atoms with E-state index >= 15 is 0 Å². The number of allylic oxidation sites excluding steroid dienone is 2. The molecule has 24 heavy (non-hydrogen) atoms. The van der Waals surface area contributed by atoms with Crippen LogP contribution in [0, 0.1) is 0 Å². The maximum atomic E-state index is 11.1. The normalized spacial score (nSPS) is 12.0. The Morgan fingerprint density at radius 2 is 1.29 bits per heavy atom. The van der Waals surface area contributed by atoms with Crippen molar-refractivity contribution in [2.24, 2.45) is 0 Å². The number of unbranched alkanes of at least 4 members (excludes halogenated alkanes) is 11. The van der Waals surface area contributed by atoms with Crippen molar-refractivity contribution in [3.8, 4) is 0 Å². The van der Waals surface area contributed by atoms with Crippen LogP contribution in [0.15, 0.2) is 12.2 Å². The van der Waals surface area contributed by atoms with Gasteiger partial charge in [-0.1, -0.05) is 39.0 Å². The summed E-state index contributed by atoms with van der Waals surface area (Å²) in [4.78, 5) is 11.1. The van der Waals surface area contributed by atoms with Gasteiger partial charge >= 0.3 is 104 Å². The molecule has 5 nitrogen and oxygen atoms in total. The summed E-state index contributed by atoms with van der Waals surface area (Å²) in [5, 5.41) is 0. The molecule has 0 bridgehead atoms. The van der Waals surface area contributed by atoms with E-state index in [-0.39, 0.29) is 6.42 Å². The molecule has 0 atom stereocenters. The van der Waals surface area contributed by atoms with Crippen molar-refractivity contribution < 1.29 is 20.5 Å². The molecule has 0 rings (SSSR count). The van der Waals surface area contributed by atoms with E-state index in [1.807, 2.05) is 0 Å². The van der Waals surface area contributed by atoms with Gasteiger partial charge in [-0.05, 0) is 6.42 Å². The minimum absolute atomic E-state index is 0.0879. The first kappa shape index (κ1) is 23.5. The van der Waals surface area contributed by atoms with Crippen LogP contribution in [0.4, 0.5) is 0 Å². The Kier molecular flexibility index (Phi) is 15.6. The summed E-state index contributed by atoms with van der Waals surface area (Å²) < 4.78 is 31.6. The first-order valence-electron chi connectivity index (χ1n) is 9.38. The van der Waals surface area contributed by atoms with Crippen LogP contribution in [0.2, 0.25) is 0 Å². The van der Waals surface area contributed by atoms with Crippen LogP contribution in [0.25, 0.3) is 0 Å². The third-order valence-electron chi connectivity index (χ3n) is 3.86. The van der Waals surface area contributed by atoms with Crippen LogP contribution in [0.1, 0.15) is 96.8 Å². The Morgan fingerprint density at radius 1 is 0.833 bits per heavy atom. The molecule has 0 aliphatic heterocycles. The zero-order valence-corrected chi connectivity index (χ0v) is 17.0. The summed E-state index contributed by atoms with van der Waals surface area (Å²) >= 11 is -5.25. The molecule has 0 aromatic heterocycles. The molecular weight excluding hydrogens is 371 g/mol. The Hall–Kier alpha value is -0.512. The van der Waals surface area contributed by atoms with E-state index in [9.17, 15) is 8.53 Å². The number of hydrogen-bond acceptors (Lipinski definition) is 3. The fraction of sp³-hybridized carbons (Fsp3) is 0.833. The van der Waals surface area contributed by atoms with Gasteiger partial charge in [-0.3, -0.25) is 0 Å². The van der Waals surface area contributed by atoms with Crippen molar-refractivity contribution in [3.05, 3.63) is 12.2 Å². The van der Waals surface area contributed by atoms with Gasteiger partial charge in [-0.15, -0.1) is 0 Å². The molecule has 142 valence electrons. The molecule has 0 spiro atoms.